The predicted molar refractivity (Wildman–Crippen MR) is 137 cm³/mol. The Hall–Kier alpha value is -3.14. The molecule has 1 aromatic carbocycles. The number of aryl methyl sites for hydroxylation is 1. The summed E-state index contributed by atoms with van der Waals surface area (Å²) >= 11 is 0. The van der Waals surface area contributed by atoms with Crippen LogP contribution in [0.25, 0.3) is 22.1 Å². The summed E-state index contributed by atoms with van der Waals surface area (Å²) in [6, 6.07) is 7.57. The van der Waals surface area contributed by atoms with E-state index in [4.69, 9.17) is 9.15 Å². The second-order valence-electron chi connectivity index (χ2n) is 8.62. The van der Waals surface area contributed by atoms with E-state index in [0.29, 0.717) is 19.6 Å². The molecule has 0 aliphatic heterocycles. The fourth-order valence-corrected chi connectivity index (χ4v) is 4.82. The molecule has 0 spiro atoms. The highest BCUT2D eigenvalue weighted by atomic mass is 32.4. The molecule has 0 aliphatic carbocycles. The number of ether oxygens (including phenoxy) is 1. The van der Waals surface area contributed by atoms with Crippen molar-refractivity contribution in [2.24, 2.45) is 0 Å². The minimum absolute atomic E-state index is 0.184. The summed E-state index contributed by atoms with van der Waals surface area (Å²) in [5.41, 5.74) is -2.27. The smallest absolute Gasteiger partial charge is 0.344 e. The second kappa shape index (κ2) is 11.3. The normalized spacial score (nSPS) is 12.8. The number of carbonyl (C=O) groups excluding carboxylic acids is 1. The van der Waals surface area contributed by atoms with Crippen LogP contribution in [0, 0.1) is 0 Å². The third-order valence-corrected chi connectivity index (χ3v) is 6.96. The molecule has 196 valence electrons. The lowest BCUT2D eigenvalue weighted by Crippen LogP contribution is -2.21. The Morgan fingerprint density at radius 2 is 1.67 bits per heavy atom. The van der Waals surface area contributed by atoms with Crippen LogP contribution in [-0.4, -0.2) is 23.0 Å². The third-order valence-electron chi connectivity index (χ3n) is 5.79. The SMILES string of the molecule is C=S(F)(F)(F)c1ccccc1-c1cc2ccn(CCCCCCCCOC(=O)CC)c(=O)c2oc1=O. The van der Waals surface area contributed by atoms with E-state index in [1.54, 1.807) is 19.2 Å². The molecule has 3 aromatic rings. The summed E-state index contributed by atoms with van der Waals surface area (Å²) in [6.45, 7) is 2.62. The lowest BCUT2D eigenvalue weighted by Gasteiger charge is -2.23. The molecule has 10 heteroatoms. The number of hydrogen-bond donors (Lipinski definition) is 0. The molecule has 0 bridgehead atoms. The predicted octanol–water partition coefficient (Wildman–Crippen LogP) is 6.70. The average molecular weight is 526 g/mol. The minimum Gasteiger partial charge on any atom is -0.466 e. The van der Waals surface area contributed by atoms with Gasteiger partial charge in [-0.3, -0.25) is 9.59 Å². The van der Waals surface area contributed by atoms with Crippen molar-refractivity contribution in [1.29, 1.82) is 0 Å². The van der Waals surface area contributed by atoms with Gasteiger partial charge in [-0.15, -0.1) is 11.7 Å². The highest BCUT2D eigenvalue weighted by Gasteiger charge is 2.33. The van der Waals surface area contributed by atoms with E-state index in [0.717, 1.165) is 44.6 Å². The molecule has 0 aliphatic rings. The van der Waals surface area contributed by atoms with E-state index in [9.17, 15) is 26.0 Å². The molecule has 0 unspecified atom stereocenters. The lowest BCUT2D eigenvalue weighted by atomic mass is 10.1. The zero-order valence-corrected chi connectivity index (χ0v) is 21.0. The molecular weight excluding hydrogens is 495 g/mol. The number of nitrogens with zero attached hydrogens (tertiary/aromatic N) is 1. The van der Waals surface area contributed by atoms with Crippen LogP contribution in [0.3, 0.4) is 0 Å². The monoisotopic (exact) mass is 525 g/mol. The number of benzene rings is 1. The molecule has 3 rings (SSSR count). The van der Waals surface area contributed by atoms with Crippen LogP contribution in [-0.2, 0) is 16.1 Å². The van der Waals surface area contributed by atoms with Crippen LogP contribution < -0.4 is 11.2 Å². The fourth-order valence-electron chi connectivity index (χ4n) is 3.91. The van der Waals surface area contributed by atoms with Crippen molar-refractivity contribution >= 4 is 32.7 Å². The van der Waals surface area contributed by atoms with Crippen molar-refractivity contribution in [2.75, 3.05) is 6.61 Å². The molecule has 36 heavy (non-hydrogen) atoms. The van der Waals surface area contributed by atoms with Crippen LogP contribution in [0.15, 0.2) is 61.5 Å². The summed E-state index contributed by atoms with van der Waals surface area (Å²) in [4.78, 5) is 35.6. The number of esters is 1. The summed E-state index contributed by atoms with van der Waals surface area (Å²) in [5, 5.41) is 0.253. The average Bonchev–Trinajstić information content (AvgIpc) is 2.83. The Kier molecular flexibility index (Phi) is 8.60. The van der Waals surface area contributed by atoms with Gasteiger partial charge in [-0.2, -0.15) is 0 Å². The van der Waals surface area contributed by atoms with Crippen molar-refractivity contribution < 1.29 is 25.6 Å². The summed E-state index contributed by atoms with van der Waals surface area (Å²) in [5.74, 6) is 2.26. The van der Waals surface area contributed by atoms with Gasteiger partial charge in [0.2, 0.25) is 5.58 Å². The van der Waals surface area contributed by atoms with Crippen LogP contribution in [0.1, 0.15) is 51.9 Å². The van der Waals surface area contributed by atoms with Crippen LogP contribution in [0.5, 0.6) is 0 Å². The van der Waals surface area contributed by atoms with E-state index in [1.165, 1.54) is 28.8 Å². The van der Waals surface area contributed by atoms with Crippen molar-refractivity contribution in [3.63, 3.8) is 0 Å². The molecule has 2 heterocycles. The summed E-state index contributed by atoms with van der Waals surface area (Å²) in [6.07, 6.45) is 7.30. The number of halogens is 3. The van der Waals surface area contributed by atoms with Gasteiger partial charge >= 0.3 is 11.6 Å². The van der Waals surface area contributed by atoms with Gasteiger partial charge in [0.15, 0.2) is 9.91 Å². The van der Waals surface area contributed by atoms with E-state index < -0.39 is 26.0 Å². The number of hydrogen-bond acceptors (Lipinski definition) is 5. The standard InChI is InChI=1S/C26H30F3NO5S/c1-3-23(31)34-17-11-7-5-4-6-10-15-30-16-14-19-18-21(26(33)35-24(19)25(30)32)20-12-8-9-13-22(20)36(2,27,28)29/h8-9,12-14,16,18H,2-7,10-11,15,17H2,1H3. The molecule has 0 N–H and O–H groups in total. The number of aromatic nitrogens is 1. The summed E-state index contributed by atoms with van der Waals surface area (Å²) in [7, 11) is -6.63. The highest BCUT2D eigenvalue weighted by Crippen LogP contribution is 2.70. The maximum atomic E-state index is 14.1. The van der Waals surface area contributed by atoms with Gasteiger partial charge in [-0.1, -0.05) is 50.8 Å². The van der Waals surface area contributed by atoms with Crippen LogP contribution >= 0.6 is 9.91 Å². The molecule has 2 aromatic heterocycles. The second-order valence-corrected chi connectivity index (χ2v) is 10.8. The zero-order valence-electron chi connectivity index (χ0n) is 20.1. The number of unbranched alkanes of at least 4 members (excludes halogenated alkanes) is 5. The maximum Gasteiger partial charge on any atom is 0.344 e. The Labute approximate surface area is 207 Å². The molecule has 0 saturated carbocycles. The molecule has 6 nitrogen and oxygen atoms in total. The minimum atomic E-state index is -6.63. The van der Waals surface area contributed by atoms with E-state index in [-0.39, 0.29) is 28.1 Å². The molecule has 0 atom stereocenters. The van der Waals surface area contributed by atoms with E-state index in [1.807, 2.05) is 0 Å². The Morgan fingerprint density at radius 3 is 2.36 bits per heavy atom. The van der Waals surface area contributed by atoms with Gasteiger partial charge in [0.05, 0.1) is 17.1 Å². The van der Waals surface area contributed by atoms with Gasteiger partial charge in [0.1, 0.15) is 0 Å². The first kappa shape index (κ1) is 27.4. The van der Waals surface area contributed by atoms with Crippen LogP contribution in [0.2, 0.25) is 0 Å². The van der Waals surface area contributed by atoms with Gasteiger partial charge < -0.3 is 13.7 Å². The maximum absolute atomic E-state index is 14.1. The zero-order chi connectivity index (χ0) is 26.4. The van der Waals surface area contributed by atoms with Gasteiger partial charge in [-0.25, -0.2) is 4.79 Å². The van der Waals surface area contributed by atoms with E-state index in [2.05, 4.69) is 5.87 Å². The van der Waals surface area contributed by atoms with E-state index >= 15 is 0 Å². The van der Waals surface area contributed by atoms with Crippen molar-refractivity contribution in [1.82, 2.24) is 4.57 Å². The highest BCUT2D eigenvalue weighted by molar-refractivity contribution is 8.34. The van der Waals surface area contributed by atoms with Gasteiger partial charge in [0.25, 0.3) is 5.56 Å². The van der Waals surface area contributed by atoms with Gasteiger partial charge in [-0.05, 0) is 36.9 Å². The molecule has 0 saturated heterocycles. The Morgan fingerprint density at radius 1 is 1.00 bits per heavy atom. The van der Waals surface area contributed by atoms with Crippen molar-refractivity contribution in [3.05, 3.63) is 63.4 Å². The number of pyridine rings is 1. The Bertz CT molecular complexity index is 1410. The first-order valence-electron chi connectivity index (χ1n) is 11.9. The number of fused-ring (bicyclic) bond motifs is 1. The fraction of sp³-hybridized carbons (Fsp3) is 0.385. The first-order valence-corrected chi connectivity index (χ1v) is 13.8. The molecule has 0 radical (unpaired) electrons. The third kappa shape index (κ3) is 6.96. The largest absolute Gasteiger partial charge is 0.466 e. The first-order chi connectivity index (χ1) is 17.0. The van der Waals surface area contributed by atoms with Crippen LogP contribution in [0.4, 0.5) is 11.7 Å². The van der Waals surface area contributed by atoms with Crippen molar-refractivity contribution in [2.45, 2.75) is 63.3 Å². The van der Waals surface area contributed by atoms with Crippen molar-refractivity contribution in [3.8, 4) is 11.1 Å². The lowest BCUT2D eigenvalue weighted by molar-refractivity contribution is -0.143. The molecule has 0 amide bonds. The topological polar surface area (TPSA) is 78.5 Å². The van der Waals surface area contributed by atoms with Gasteiger partial charge in [0, 0.05) is 30.1 Å². The number of carbonyl (C=O) groups is 1. The number of rotatable bonds is 12. The Balaban J connectivity index is 1.67. The molecular formula is C26H30F3NO5S. The quantitative estimate of drug-likeness (QED) is 0.149. The summed E-state index contributed by atoms with van der Waals surface area (Å²) < 4.78 is 53.9. The molecule has 0 fully saturated rings.